The largest absolute Gasteiger partial charge is 0.537 e. The van der Waals surface area contributed by atoms with Crippen LogP contribution < -0.4 is 5.11 Å². The van der Waals surface area contributed by atoms with E-state index in [1.165, 1.54) is 5.57 Å². The molecule has 0 radical (unpaired) electrons. The lowest BCUT2D eigenvalue weighted by Gasteiger charge is -2.58. The van der Waals surface area contributed by atoms with E-state index in [1.807, 2.05) is 0 Å². The van der Waals surface area contributed by atoms with E-state index in [9.17, 15) is 20.1 Å². The maximum atomic E-state index is 11.2. The first-order valence-corrected chi connectivity index (χ1v) is 10.0. The van der Waals surface area contributed by atoms with Crippen LogP contribution in [0.3, 0.4) is 0 Å². The van der Waals surface area contributed by atoms with Gasteiger partial charge in [0.25, 0.3) is 0 Å². The first kappa shape index (κ1) is 18.1. The predicted octanol–water partition coefficient (Wildman–Crippen LogP) is 1.79. The third kappa shape index (κ3) is 2.40. The van der Waals surface area contributed by atoms with Gasteiger partial charge < -0.3 is 20.1 Å². The Morgan fingerprint density at radius 1 is 1.19 bits per heavy atom. The van der Waals surface area contributed by atoms with Gasteiger partial charge >= 0.3 is 0 Å². The Kier molecular flexibility index (Phi) is 4.06. The van der Waals surface area contributed by atoms with Crippen molar-refractivity contribution in [2.24, 2.45) is 28.6 Å². The number of fused-ring (bicyclic) bond motifs is 5. The normalized spacial score (nSPS) is 49.8. The highest BCUT2D eigenvalue weighted by Crippen LogP contribution is 2.67. The van der Waals surface area contributed by atoms with Crippen molar-refractivity contribution in [3.05, 3.63) is 11.6 Å². The zero-order valence-corrected chi connectivity index (χ0v) is 15.8. The van der Waals surface area contributed by atoms with Crippen LogP contribution in [0.15, 0.2) is 11.6 Å². The number of carbonyl (C=O) groups is 1. The molecule has 0 spiro atoms. The summed E-state index contributed by atoms with van der Waals surface area (Å²) in [7, 11) is 0. The van der Waals surface area contributed by atoms with Crippen molar-refractivity contribution in [3.8, 4) is 11.8 Å². The van der Waals surface area contributed by atoms with Gasteiger partial charge in [0, 0.05) is 5.41 Å². The third-order valence-electron chi connectivity index (χ3n) is 8.60. The van der Waals surface area contributed by atoms with E-state index in [1.54, 1.807) is 0 Å². The second-order valence-electron chi connectivity index (χ2n) is 9.55. The summed E-state index contributed by atoms with van der Waals surface area (Å²) in [5.41, 5.74) is 0.0232. The van der Waals surface area contributed by atoms with Crippen molar-refractivity contribution in [2.75, 3.05) is 0 Å². The van der Waals surface area contributed by atoms with E-state index >= 15 is 0 Å². The van der Waals surface area contributed by atoms with Crippen molar-refractivity contribution < 1.29 is 20.1 Å². The molecule has 0 aromatic carbocycles. The number of rotatable bonds is 0. The highest BCUT2D eigenvalue weighted by Gasteiger charge is 2.63. The van der Waals surface area contributed by atoms with Crippen LogP contribution in [0.1, 0.15) is 65.2 Å². The zero-order chi connectivity index (χ0) is 18.7. The summed E-state index contributed by atoms with van der Waals surface area (Å²) in [5.74, 6) is 4.78. The molecule has 4 heteroatoms. The molecule has 4 aliphatic rings. The molecule has 0 aliphatic heterocycles. The third-order valence-corrected chi connectivity index (χ3v) is 8.60. The SMILES string of the molecule is C[C@]12CC[C@@H](O)CC1=CC[C@H]1[C@H]3CC[C@@](O)(C#CC(=O)[O-])[C@]3(C)CC[C@@H]12. The van der Waals surface area contributed by atoms with Gasteiger partial charge in [0.2, 0.25) is 0 Å². The molecule has 3 fully saturated rings. The molecule has 0 heterocycles. The van der Waals surface area contributed by atoms with E-state index in [0.717, 1.165) is 44.9 Å². The minimum Gasteiger partial charge on any atom is -0.537 e. The maximum Gasteiger partial charge on any atom is 0.131 e. The van der Waals surface area contributed by atoms with E-state index in [2.05, 4.69) is 31.8 Å². The second-order valence-corrected chi connectivity index (χ2v) is 9.55. The Bertz CT molecular complexity index is 715. The Morgan fingerprint density at radius 2 is 1.92 bits per heavy atom. The fraction of sp³-hybridized carbons (Fsp3) is 0.773. The molecule has 7 atom stereocenters. The minimum atomic E-state index is -1.42. The molecule has 26 heavy (non-hydrogen) atoms. The molecule has 0 aromatic rings. The molecule has 0 bridgehead atoms. The van der Waals surface area contributed by atoms with E-state index in [4.69, 9.17) is 0 Å². The molecule has 0 amide bonds. The molecule has 3 saturated carbocycles. The van der Waals surface area contributed by atoms with E-state index < -0.39 is 11.6 Å². The van der Waals surface area contributed by atoms with Crippen LogP contribution in [0, 0.1) is 40.4 Å². The van der Waals surface area contributed by atoms with Gasteiger partial charge in [0.05, 0.1) is 6.10 Å². The van der Waals surface area contributed by atoms with Gasteiger partial charge in [-0.25, -0.2) is 0 Å². The van der Waals surface area contributed by atoms with E-state index in [-0.39, 0.29) is 16.9 Å². The topological polar surface area (TPSA) is 80.6 Å². The summed E-state index contributed by atoms with van der Waals surface area (Å²) in [6.45, 7) is 4.48. The fourth-order valence-electron chi connectivity index (χ4n) is 7.02. The Morgan fingerprint density at radius 3 is 2.65 bits per heavy atom. The van der Waals surface area contributed by atoms with Gasteiger partial charge in [0.1, 0.15) is 11.6 Å². The van der Waals surface area contributed by atoms with Crippen LogP contribution in [-0.2, 0) is 4.79 Å². The van der Waals surface area contributed by atoms with Crippen molar-refractivity contribution >= 4 is 5.97 Å². The number of aliphatic carboxylic acids is 1. The highest BCUT2D eigenvalue weighted by molar-refractivity contribution is 5.84. The number of hydrogen-bond acceptors (Lipinski definition) is 4. The van der Waals surface area contributed by atoms with Gasteiger partial charge in [-0.1, -0.05) is 31.4 Å². The van der Waals surface area contributed by atoms with Crippen molar-refractivity contribution in [1.29, 1.82) is 0 Å². The van der Waals surface area contributed by atoms with Gasteiger partial charge in [-0.05, 0) is 80.5 Å². The molecular weight excluding hydrogens is 328 g/mol. The van der Waals surface area contributed by atoms with Crippen LogP contribution in [0.2, 0.25) is 0 Å². The number of allylic oxidation sites excluding steroid dienone is 1. The number of aliphatic hydroxyl groups excluding tert-OH is 1. The molecular formula is C22H29O4-. The van der Waals surface area contributed by atoms with Gasteiger partial charge in [0.15, 0.2) is 0 Å². The summed E-state index contributed by atoms with van der Waals surface area (Å²) < 4.78 is 0. The van der Waals surface area contributed by atoms with Gasteiger partial charge in [-0.15, -0.1) is 0 Å². The number of carboxylic acid groups (broad SMARTS) is 1. The van der Waals surface area contributed by atoms with Gasteiger partial charge in [-0.2, -0.15) is 0 Å². The smallest absolute Gasteiger partial charge is 0.131 e. The number of carboxylic acids is 1. The number of hydrogen-bond donors (Lipinski definition) is 2. The minimum absolute atomic E-state index is 0.168. The molecule has 0 aromatic heterocycles. The Balaban J connectivity index is 1.66. The van der Waals surface area contributed by atoms with Crippen molar-refractivity contribution in [2.45, 2.75) is 76.9 Å². The molecule has 0 saturated heterocycles. The number of aliphatic hydroxyl groups is 2. The molecule has 4 aliphatic carbocycles. The lowest BCUT2D eigenvalue weighted by atomic mass is 9.47. The first-order chi connectivity index (χ1) is 12.2. The van der Waals surface area contributed by atoms with Crippen LogP contribution in [0.4, 0.5) is 0 Å². The highest BCUT2D eigenvalue weighted by atomic mass is 16.4. The Labute approximate surface area is 155 Å². The zero-order valence-electron chi connectivity index (χ0n) is 15.8. The van der Waals surface area contributed by atoms with Gasteiger partial charge in [-0.3, -0.25) is 0 Å². The molecule has 0 unspecified atom stereocenters. The van der Waals surface area contributed by atoms with Crippen LogP contribution in [-0.4, -0.2) is 27.9 Å². The second kappa shape index (κ2) is 5.84. The fourth-order valence-corrected chi connectivity index (χ4v) is 7.02. The van der Waals surface area contributed by atoms with Crippen molar-refractivity contribution in [1.82, 2.24) is 0 Å². The maximum absolute atomic E-state index is 11.2. The first-order valence-electron chi connectivity index (χ1n) is 10.0. The number of carbonyl (C=O) groups excluding carboxylic acids is 1. The average molecular weight is 357 g/mol. The van der Waals surface area contributed by atoms with Crippen molar-refractivity contribution in [3.63, 3.8) is 0 Å². The average Bonchev–Trinajstić information content (AvgIpc) is 2.86. The summed E-state index contributed by atoms with van der Waals surface area (Å²) in [5, 5.41) is 32.1. The molecule has 142 valence electrons. The lowest BCUT2D eigenvalue weighted by Crippen LogP contribution is -2.54. The summed E-state index contributed by atoms with van der Waals surface area (Å²) in [6.07, 6.45) is 9.26. The van der Waals surface area contributed by atoms with Crippen LogP contribution in [0.5, 0.6) is 0 Å². The summed E-state index contributed by atoms with van der Waals surface area (Å²) >= 11 is 0. The van der Waals surface area contributed by atoms with E-state index in [0.29, 0.717) is 24.2 Å². The Hall–Kier alpha value is -1.31. The van der Waals surface area contributed by atoms with Crippen LogP contribution >= 0.6 is 0 Å². The monoisotopic (exact) mass is 357 g/mol. The standard InChI is InChI=1S/C22H30O4/c1-20-9-5-15(23)13-14(20)3-4-16-17(20)6-10-21(2)18(16)7-11-22(21,26)12-8-19(24)25/h3,15-18,23,26H,4-7,9-11,13H2,1-2H3,(H,24,25)/p-1/t15-,16-,17+,18-,20+,21-,22-/m1/s1. The summed E-state index contributed by atoms with van der Waals surface area (Å²) in [4.78, 5) is 10.8. The quantitative estimate of drug-likeness (QED) is 0.512. The lowest BCUT2D eigenvalue weighted by molar-refractivity contribution is -0.296. The summed E-state index contributed by atoms with van der Waals surface area (Å²) in [6, 6.07) is 0. The molecule has 4 nitrogen and oxygen atoms in total. The molecule has 2 N–H and O–H groups in total. The predicted molar refractivity (Wildman–Crippen MR) is 95.4 cm³/mol. The molecule has 4 rings (SSSR count). The van der Waals surface area contributed by atoms with Crippen LogP contribution in [0.25, 0.3) is 0 Å².